The third-order valence-corrected chi connectivity index (χ3v) is 0.771. The summed E-state index contributed by atoms with van der Waals surface area (Å²) in [5.41, 5.74) is 0. The lowest BCUT2D eigenvalue weighted by atomic mass is 10.5. The van der Waals surface area contributed by atoms with Gasteiger partial charge in [0, 0.05) is 0 Å². The largest absolute Gasteiger partial charge is 0.391 e. The second kappa shape index (κ2) is 6.89. The fourth-order valence-corrected chi connectivity index (χ4v) is 0.300. The Balaban J connectivity index is -0.000000180. The number of aliphatic hydroxyl groups excluding tert-OH is 1. The second-order valence-corrected chi connectivity index (χ2v) is 2.74. The molecule has 0 fully saturated rings. The summed E-state index contributed by atoms with van der Waals surface area (Å²) in [5.74, 6) is 0. The molecule has 0 aromatic rings. The highest BCUT2D eigenvalue weighted by molar-refractivity contribution is 6.92. The molecule has 0 spiro atoms. The first-order chi connectivity index (χ1) is 3.06. The third-order valence-electron chi connectivity index (χ3n) is 0.771. The van der Waals surface area contributed by atoms with Crippen LogP contribution in [-0.2, 0) is 0 Å². The summed E-state index contributed by atoms with van der Waals surface area (Å²) in [5, 5.41) is 8.39. The van der Waals surface area contributed by atoms with Gasteiger partial charge in [0.15, 0.2) is 0 Å². The van der Waals surface area contributed by atoms with Crippen molar-refractivity contribution in [3.05, 3.63) is 0 Å². The van der Waals surface area contributed by atoms with Crippen LogP contribution in [0.2, 0.25) is 0 Å². The van der Waals surface area contributed by atoms with Gasteiger partial charge in [-0.25, -0.2) is 0 Å². The van der Waals surface area contributed by atoms with Crippen molar-refractivity contribution in [3.63, 3.8) is 0 Å². The maximum atomic E-state index is 8.39. The number of hydrogen-bond donors (Lipinski definition) is 1. The predicted octanol–water partition coefficient (Wildman–Crippen LogP) is -0.199. The molecule has 0 heterocycles. The molecular formula is C5H20NOP2+. The van der Waals surface area contributed by atoms with Crippen molar-refractivity contribution in [2.24, 2.45) is 0 Å². The normalized spacial score (nSPS) is 9.33. The molecule has 0 radical (unpaired) electrons. The molecule has 0 aliphatic heterocycles. The molecule has 4 heteroatoms. The lowest BCUT2D eigenvalue weighted by Crippen LogP contribution is -2.36. The van der Waals surface area contributed by atoms with Gasteiger partial charge in [-0.1, -0.05) is 0 Å². The van der Waals surface area contributed by atoms with Crippen molar-refractivity contribution in [2.45, 2.75) is 0 Å². The van der Waals surface area contributed by atoms with Gasteiger partial charge in [-0.05, 0) is 0 Å². The van der Waals surface area contributed by atoms with E-state index in [1.807, 2.05) is 0 Å². The highest BCUT2D eigenvalue weighted by Crippen LogP contribution is 1.84. The van der Waals surface area contributed by atoms with Crippen molar-refractivity contribution < 1.29 is 9.59 Å². The number of aliphatic hydroxyl groups is 1. The Bertz CT molecular complexity index is 53.4. The van der Waals surface area contributed by atoms with E-state index in [-0.39, 0.29) is 26.4 Å². The standard InChI is InChI=1S/C5H14NO.2H3P/c1-6(2,3)4-5-7;;/h7H,4-5H2,1-3H3;2*1H3/q+1;;. The van der Waals surface area contributed by atoms with Gasteiger partial charge >= 0.3 is 0 Å². The van der Waals surface area contributed by atoms with Crippen LogP contribution in [0.5, 0.6) is 0 Å². The molecule has 0 saturated carbocycles. The predicted molar refractivity (Wildman–Crippen MR) is 52.2 cm³/mol. The molecule has 0 aliphatic carbocycles. The van der Waals surface area contributed by atoms with Gasteiger partial charge in [0.2, 0.25) is 0 Å². The summed E-state index contributed by atoms with van der Waals surface area (Å²) in [6, 6.07) is 0. The van der Waals surface area contributed by atoms with Crippen LogP contribution >= 0.6 is 19.8 Å². The van der Waals surface area contributed by atoms with Crippen molar-refractivity contribution in [3.8, 4) is 0 Å². The van der Waals surface area contributed by atoms with Crippen molar-refractivity contribution >= 4 is 19.8 Å². The number of quaternary nitrogens is 1. The van der Waals surface area contributed by atoms with E-state index >= 15 is 0 Å². The quantitative estimate of drug-likeness (QED) is 0.452. The van der Waals surface area contributed by atoms with E-state index in [0.29, 0.717) is 0 Å². The topological polar surface area (TPSA) is 20.2 Å². The first-order valence-corrected chi connectivity index (χ1v) is 2.47. The smallest absolute Gasteiger partial charge is 0.101 e. The Morgan fingerprint density at radius 2 is 1.44 bits per heavy atom. The van der Waals surface area contributed by atoms with Crippen molar-refractivity contribution in [1.29, 1.82) is 0 Å². The van der Waals surface area contributed by atoms with E-state index in [9.17, 15) is 0 Å². The van der Waals surface area contributed by atoms with Gasteiger partial charge in [-0.15, -0.1) is 0 Å². The Morgan fingerprint density at radius 3 is 1.44 bits per heavy atom. The molecule has 0 saturated heterocycles. The highest BCUT2D eigenvalue weighted by Gasteiger charge is 2.02. The first kappa shape index (κ1) is 16.4. The van der Waals surface area contributed by atoms with Crippen LogP contribution in [0.4, 0.5) is 0 Å². The summed E-state index contributed by atoms with van der Waals surface area (Å²) in [6.45, 7) is 1.11. The second-order valence-electron chi connectivity index (χ2n) is 2.74. The maximum absolute atomic E-state index is 8.39. The van der Waals surface area contributed by atoms with E-state index in [1.165, 1.54) is 0 Å². The zero-order valence-corrected chi connectivity index (χ0v) is 9.55. The summed E-state index contributed by atoms with van der Waals surface area (Å²) < 4.78 is 0.844. The summed E-state index contributed by atoms with van der Waals surface area (Å²) in [6.07, 6.45) is 0. The fraction of sp³-hybridized carbons (Fsp3) is 1.00. The molecule has 0 aromatic heterocycles. The van der Waals surface area contributed by atoms with E-state index in [0.717, 1.165) is 11.0 Å². The minimum atomic E-state index is 0. The molecule has 0 bridgehead atoms. The monoisotopic (exact) mass is 172 g/mol. The van der Waals surface area contributed by atoms with Crippen molar-refractivity contribution in [2.75, 3.05) is 34.3 Å². The Kier molecular flexibility index (Phi) is 12.6. The lowest BCUT2D eigenvalue weighted by molar-refractivity contribution is -0.870. The maximum Gasteiger partial charge on any atom is 0.101 e. The molecule has 2 nitrogen and oxygen atoms in total. The first-order valence-electron chi connectivity index (χ1n) is 2.47. The molecule has 9 heavy (non-hydrogen) atoms. The summed E-state index contributed by atoms with van der Waals surface area (Å²) >= 11 is 0. The Hall–Kier alpha value is 0.780. The summed E-state index contributed by atoms with van der Waals surface area (Å²) in [4.78, 5) is 0. The average Bonchev–Trinajstić information content (AvgIpc) is 1.30. The van der Waals surface area contributed by atoms with Gasteiger partial charge in [-0.3, -0.25) is 0 Å². The zero-order chi connectivity index (χ0) is 5.91. The van der Waals surface area contributed by atoms with E-state index in [2.05, 4.69) is 21.1 Å². The zero-order valence-electron chi connectivity index (χ0n) is 6.72. The van der Waals surface area contributed by atoms with Gasteiger partial charge in [0.25, 0.3) is 0 Å². The number of hydrogen-bond acceptors (Lipinski definition) is 1. The minimum Gasteiger partial charge on any atom is -0.391 e. The van der Waals surface area contributed by atoms with Gasteiger partial charge in [0.05, 0.1) is 27.7 Å². The Morgan fingerprint density at radius 1 is 1.11 bits per heavy atom. The van der Waals surface area contributed by atoms with Crippen LogP contribution in [0.25, 0.3) is 0 Å². The van der Waals surface area contributed by atoms with Crippen LogP contribution in [0, 0.1) is 0 Å². The number of rotatable bonds is 2. The van der Waals surface area contributed by atoms with Gasteiger partial charge < -0.3 is 9.59 Å². The van der Waals surface area contributed by atoms with Gasteiger partial charge in [0.1, 0.15) is 6.54 Å². The van der Waals surface area contributed by atoms with Gasteiger partial charge in [-0.2, -0.15) is 19.8 Å². The molecule has 1 N–H and O–H groups in total. The average molecular weight is 172 g/mol. The third kappa shape index (κ3) is 17.7. The molecule has 0 amide bonds. The van der Waals surface area contributed by atoms with Crippen LogP contribution < -0.4 is 0 Å². The molecular weight excluding hydrogens is 152 g/mol. The van der Waals surface area contributed by atoms with E-state index in [4.69, 9.17) is 5.11 Å². The van der Waals surface area contributed by atoms with Crippen molar-refractivity contribution in [1.82, 2.24) is 0 Å². The van der Waals surface area contributed by atoms with Crippen LogP contribution in [0.1, 0.15) is 0 Å². The molecule has 0 aromatic carbocycles. The van der Waals surface area contributed by atoms with E-state index in [1.54, 1.807) is 0 Å². The van der Waals surface area contributed by atoms with Crippen LogP contribution in [-0.4, -0.2) is 43.9 Å². The lowest BCUT2D eigenvalue weighted by Gasteiger charge is -2.21. The molecule has 0 aliphatic rings. The van der Waals surface area contributed by atoms with Crippen LogP contribution in [0.3, 0.4) is 0 Å². The summed E-state index contributed by atoms with van der Waals surface area (Å²) in [7, 11) is 6.16. The molecule has 2 atom stereocenters. The highest BCUT2D eigenvalue weighted by atomic mass is 31.0. The SMILES string of the molecule is C[N+](C)(C)CCO.P.P. The van der Waals surface area contributed by atoms with E-state index < -0.39 is 0 Å². The number of likely N-dealkylation sites (N-methyl/N-ethyl adjacent to an activating group) is 1. The Labute approximate surface area is 64.5 Å². The molecule has 60 valence electrons. The fourth-order valence-electron chi connectivity index (χ4n) is 0.300. The minimum absolute atomic E-state index is 0. The number of nitrogens with zero attached hydrogens (tertiary/aromatic N) is 1. The molecule has 2 unspecified atom stereocenters. The van der Waals surface area contributed by atoms with Crippen LogP contribution in [0.15, 0.2) is 0 Å². The molecule has 0 rings (SSSR count).